The van der Waals surface area contributed by atoms with Gasteiger partial charge >= 0.3 is 0 Å². The van der Waals surface area contributed by atoms with Crippen LogP contribution in [-0.2, 0) is 14.8 Å². The second-order valence-corrected chi connectivity index (χ2v) is 9.84. The Hall–Kier alpha value is -1.44. The quantitative estimate of drug-likeness (QED) is 0.818. The van der Waals surface area contributed by atoms with Gasteiger partial charge in [0.05, 0.1) is 4.90 Å². The molecule has 150 valence electrons. The largest absolute Gasteiger partial charge is 0.352 e. The van der Waals surface area contributed by atoms with Crippen molar-refractivity contribution in [1.82, 2.24) is 14.9 Å². The van der Waals surface area contributed by atoms with Crippen molar-refractivity contribution in [2.24, 2.45) is 5.92 Å². The topological polar surface area (TPSA) is 78.5 Å². The van der Waals surface area contributed by atoms with E-state index in [9.17, 15) is 13.2 Å². The van der Waals surface area contributed by atoms with Crippen molar-refractivity contribution in [2.75, 3.05) is 26.2 Å². The van der Waals surface area contributed by atoms with Crippen molar-refractivity contribution in [1.29, 1.82) is 0 Å². The van der Waals surface area contributed by atoms with E-state index < -0.39 is 10.0 Å². The third kappa shape index (κ3) is 4.05. The van der Waals surface area contributed by atoms with Crippen LogP contribution in [0.15, 0.2) is 11.0 Å². The van der Waals surface area contributed by atoms with E-state index in [1.54, 1.807) is 4.31 Å². The normalized spacial score (nSPS) is 22.1. The molecule has 0 saturated carbocycles. The molecule has 0 aliphatic carbocycles. The van der Waals surface area contributed by atoms with E-state index in [4.69, 9.17) is 0 Å². The van der Waals surface area contributed by atoms with Crippen molar-refractivity contribution in [2.45, 2.75) is 57.9 Å². The minimum atomic E-state index is -3.55. The van der Waals surface area contributed by atoms with Crippen molar-refractivity contribution in [3.8, 4) is 0 Å². The van der Waals surface area contributed by atoms with Gasteiger partial charge in [0, 0.05) is 31.6 Å². The molecule has 27 heavy (non-hydrogen) atoms. The third-order valence-corrected chi connectivity index (χ3v) is 8.30. The van der Waals surface area contributed by atoms with E-state index in [1.807, 2.05) is 33.8 Å². The first-order valence-corrected chi connectivity index (χ1v) is 11.2. The van der Waals surface area contributed by atoms with Crippen molar-refractivity contribution >= 4 is 15.9 Å². The van der Waals surface area contributed by atoms with Crippen LogP contribution in [0.1, 0.15) is 41.5 Å². The van der Waals surface area contributed by atoms with Gasteiger partial charge < -0.3 is 10.6 Å². The van der Waals surface area contributed by atoms with Crippen LogP contribution in [0.2, 0.25) is 0 Å². The minimum absolute atomic E-state index is 0.0690. The lowest BCUT2D eigenvalue weighted by Crippen LogP contribution is -2.46. The molecule has 1 unspecified atom stereocenters. The van der Waals surface area contributed by atoms with Crippen molar-refractivity contribution < 1.29 is 13.2 Å². The number of piperidine rings is 1. The van der Waals surface area contributed by atoms with Crippen LogP contribution >= 0.6 is 0 Å². The molecule has 0 aromatic heterocycles. The first-order valence-electron chi connectivity index (χ1n) is 9.80. The number of nitrogens with zero attached hydrogens (tertiary/aromatic N) is 1. The SMILES string of the molecule is Cc1cc(C)c(C)c(S(=O)(=O)N2CCC(C(=O)NC3CCNC3)CC2)c1C. The number of aryl methyl sites for hydroxylation is 2. The molecule has 2 heterocycles. The van der Waals surface area contributed by atoms with Crippen LogP contribution in [0.4, 0.5) is 0 Å². The van der Waals surface area contributed by atoms with Crippen LogP contribution in [0.3, 0.4) is 0 Å². The van der Waals surface area contributed by atoms with E-state index in [0.717, 1.165) is 41.8 Å². The number of sulfonamides is 1. The predicted octanol–water partition coefficient (Wildman–Crippen LogP) is 1.80. The smallest absolute Gasteiger partial charge is 0.243 e. The number of amides is 1. The molecular weight excluding hydrogens is 362 g/mol. The number of benzene rings is 1. The van der Waals surface area contributed by atoms with Gasteiger partial charge in [-0.2, -0.15) is 4.31 Å². The van der Waals surface area contributed by atoms with E-state index >= 15 is 0 Å². The fourth-order valence-corrected chi connectivity index (χ4v) is 6.20. The van der Waals surface area contributed by atoms with Crippen LogP contribution in [0.25, 0.3) is 0 Å². The Kier molecular flexibility index (Phi) is 5.93. The first-order chi connectivity index (χ1) is 12.7. The number of carbonyl (C=O) groups excluding carboxylic acids is 1. The van der Waals surface area contributed by atoms with E-state index in [-0.39, 0.29) is 17.9 Å². The molecule has 2 aliphatic heterocycles. The molecule has 0 bridgehead atoms. The number of rotatable bonds is 4. The highest BCUT2D eigenvalue weighted by Gasteiger charge is 2.34. The van der Waals surface area contributed by atoms with Gasteiger partial charge in [0.2, 0.25) is 15.9 Å². The summed E-state index contributed by atoms with van der Waals surface area (Å²) in [5, 5.41) is 6.34. The lowest BCUT2D eigenvalue weighted by atomic mass is 9.97. The summed E-state index contributed by atoms with van der Waals surface area (Å²) in [6.45, 7) is 10.2. The Morgan fingerprint density at radius 1 is 1.07 bits per heavy atom. The van der Waals surface area contributed by atoms with Crippen molar-refractivity contribution in [3.05, 3.63) is 28.3 Å². The van der Waals surface area contributed by atoms with Gasteiger partial charge in [0.15, 0.2) is 0 Å². The highest BCUT2D eigenvalue weighted by molar-refractivity contribution is 7.89. The van der Waals surface area contributed by atoms with Gasteiger partial charge in [-0.15, -0.1) is 0 Å². The van der Waals surface area contributed by atoms with Gasteiger partial charge in [-0.3, -0.25) is 4.79 Å². The molecule has 6 nitrogen and oxygen atoms in total. The van der Waals surface area contributed by atoms with E-state index in [0.29, 0.717) is 30.8 Å². The molecule has 2 N–H and O–H groups in total. The summed E-state index contributed by atoms with van der Waals surface area (Å²) in [6.07, 6.45) is 2.12. The molecule has 7 heteroatoms. The zero-order chi connectivity index (χ0) is 19.8. The lowest BCUT2D eigenvalue weighted by Gasteiger charge is -2.32. The maximum absolute atomic E-state index is 13.3. The summed E-state index contributed by atoms with van der Waals surface area (Å²) in [7, 11) is -3.55. The molecule has 2 aliphatic rings. The standard InChI is InChI=1S/C20H31N3O3S/c1-13-11-14(2)16(4)19(15(13)3)27(25,26)23-9-6-17(7-10-23)20(24)22-18-5-8-21-12-18/h11,17-18,21H,5-10,12H2,1-4H3,(H,22,24). The Morgan fingerprint density at radius 2 is 1.67 bits per heavy atom. The highest BCUT2D eigenvalue weighted by Crippen LogP contribution is 2.31. The molecule has 1 aromatic rings. The van der Waals surface area contributed by atoms with Gasteiger partial charge in [-0.1, -0.05) is 6.07 Å². The summed E-state index contributed by atoms with van der Waals surface area (Å²) in [5.74, 6) is -0.0296. The zero-order valence-electron chi connectivity index (χ0n) is 16.8. The molecule has 0 radical (unpaired) electrons. The highest BCUT2D eigenvalue weighted by atomic mass is 32.2. The number of hydrogen-bond donors (Lipinski definition) is 2. The van der Waals surface area contributed by atoms with Gasteiger partial charge in [0.25, 0.3) is 0 Å². The fourth-order valence-electron chi connectivity index (χ4n) is 4.15. The maximum atomic E-state index is 13.3. The van der Waals surface area contributed by atoms with Gasteiger partial charge in [0.1, 0.15) is 0 Å². The Morgan fingerprint density at radius 3 is 2.19 bits per heavy atom. The summed E-state index contributed by atoms with van der Waals surface area (Å²) in [6, 6.07) is 2.25. The number of nitrogens with one attached hydrogen (secondary N) is 2. The summed E-state index contributed by atoms with van der Waals surface area (Å²) >= 11 is 0. The average molecular weight is 394 g/mol. The fraction of sp³-hybridized carbons (Fsp3) is 0.650. The van der Waals surface area contributed by atoms with E-state index in [1.165, 1.54) is 0 Å². The average Bonchev–Trinajstić information content (AvgIpc) is 3.13. The predicted molar refractivity (Wildman–Crippen MR) is 106 cm³/mol. The maximum Gasteiger partial charge on any atom is 0.243 e. The molecule has 2 fully saturated rings. The zero-order valence-corrected chi connectivity index (χ0v) is 17.6. The molecule has 1 amide bonds. The molecule has 2 saturated heterocycles. The molecule has 1 aromatic carbocycles. The molecule has 1 atom stereocenters. The summed E-state index contributed by atoms with van der Waals surface area (Å²) in [5.41, 5.74) is 3.64. The van der Waals surface area contributed by atoms with Gasteiger partial charge in [-0.25, -0.2) is 8.42 Å². The minimum Gasteiger partial charge on any atom is -0.352 e. The Bertz CT molecular complexity index is 795. The lowest BCUT2D eigenvalue weighted by molar-refractivity contribution is -0.126. The van der Waals surface area contributed by atoms with Crippen LogP contribution in [0.5, 0.6) is 0 Å². The monoisotopic (exact) mass is 393 g/mol. The van der Waals surface area contributed by atoms with E-state index in [2.05, 4.69) is 10.6 Å². The third-order valence-electron chi connectivity index (χ3n) is 6.13. The summed E-state index contributed by atoms with van der Waals surface area (Å²) in [4.78, 5) is 12.9. The number of carbonyl (C=O) groups is 1. The second kappa shape index (κ2) is 7.89. The van der Waals surface area contributed by atoms with Crippen molar-refractivity contribution in [3.63, 3.8) is 0 Å². The number of hydrogen-bond acceptors (Lipinski definition) is 4. The van der Waals surface area contributed by atoms with Gasteiger partial charge in [-0.05, 0) is 75.8 Å². The van der Waals surface area contributed by atoms with Crippen LogP contribution in [0, 0.1) is 33.6 Å². The molecule has 3 rings (SSSR count). The Balaban J connectivity index is 1.71. The Labute approximate surface area is 162 Å². The summed E-state index contributed by atoms with van der Waals surface area (Å²) < 4.78 is 28.2. The molecular formula is C20H31N3O3S. The first kappa shape index (κ1) is 20.3. The second-order valence-electron chi connectivity index (χ2n) is 7.97. The van der Waals surface area contributed by atoms with Crippen LogP contribution in [-0.4, -0.2) is 50.9 Å². The molecule has 0 spiro atoms. The van der Waals surface area contributed by atoms with Crippen LogP contribution < -0.4 is 10.6 Å².